The van der Waals surface area contributed by atoms with Crippen molar-refractivity contribution in [2.24, 2.45) is 23.7 Å². The molecule has 9 rings (SSSR count). The summed E-state index contributed by atoms with van der Waals surface area (Å²) in [7, 11) is 0. The number of benzene rings is 7. The molecule has 2 aliphatic rings. The smallest absolute Gasteiger partial charge is 0.259 e. The molecule has 2 aliphatic heterocycles. The van der Waals surface area contributed by atoms with Crippen LogP contribution in [-0.2, 0) is 9.59 Å². The van der Waals surface area contributed by atoms with Crippen molar-refractivity contribution in [3.63, 3.8) is 0 Å². The third-order valence-electron chi connectivity index (χ3n) is 17.8. The van der Waals surface area contributed by atoms with E-state index in [4.69, 9.17) is 9.47 Å². The van der Waals surface area contributed by atoms with Crippen molar-refractivity contribution in [3.8, 4) is 33.8 Å². The molecule has 80 heavy (non-hydrogen) atoms. The molecule has 6 nitrogen and oxygen atoms in total. The van der Waals surface area contributed by atoms with Crippen molar-refractivity contribution in [2.75, 3.05) is 36.1 Å². The lowest BCUT2D eigenvalue weighted by molar-refractivity contribution is -0.114. The van der Waals surface area contributed by atoms with E-state index in [-0.39, 0.29) is 11.8 Å². The monoisotopic (exact) mass is 1070 g/mol. The summed E-state index contributed by atoms with van der Waals surface area (Å²) < 4.78 is 12.6. The van der Waals surface area contributed by atoms with E-state index in [1.54, 1.807) is 0 Å². The van der Waals surface area contributed by atoms with Gasteiger partial charge in [-0.2, -0.15) is 0 Å². The van der Waals surface area contributed by atoms with Crippen LogP contribution >= 0.6 is 0 Å². The van der Waals surface area contributed by atoms with E-state index in [0.717, 1.165) is 155 Å². The lowest BCUT2D eigenvalue weighted by Crippen LogP contribution is -2.35. The fourth-order valence-electron chi connectivity index (χ4n) is 12.3. The van der Waals surface area contributed by atoms with Gasteiger partial charge in [-0.05, 0) is 153 Å². The zero-order chi connectivity index (χ0) is 56.1. The average Bonchev–Trinajstić information content (AvgIpc) is 3.94. The predicted octanol–water partition coefficient (Wildman–Crippen LogP) is 18.0. The minimum absolute atomic E-state index is 0.0376. The highest BCUT2D eigenvalue weighted by Crippen LogP contribution is 2.36. The standard InChI is InChI=1S/C74H90N2O4/c1-9-17-21-51(13-5)47-75-69-45-68-70(46-67(69)71(73(75)77)57-29-25-55(26-30-57)59-33-35-63-43-65(39-37-61(63)41-59)79-49-53(15-7)23-19-11-3)76(48-52(14-6)22-18-10-2)74(78)72(68)58-31-27-56(28-32-58)60-34-36-64-44-66(40-38-62(64)42-60)80-50-54(16-8)24-20-12-4/h25-46,51-54H,9-24,47-50H2,1-8H3. The van der Waals surface area contributed by atoms with Crippen molar-refractivity contribution in [2.45, 2.75) is 158 Å². The fraction of sp³-hybridized carbons (Fsp3) is 0.432. The minimum atomic E-state index is 0.0376. The molecule has 0 aromatic heterocycles. The second-order valence-corrected chi connectivity index (χ2v) is 23.4. The molecular formula is C74H90N2O4. The molecular weight excluding hydrogens is 981 g/mol. The van der Waals surface area contributed by atoms with Gasteiger partial charge in [0.1, 0.15) is 11.5 Å². The lowest BCUT2D eigenvalue weighted by Gasteiger charge is -2.26. The molecule has 0 radical (unpaired) electrons. The Balaban J connectivity index is 1.07. The number of fused-ring (bicyclic) bond motifs is 4. The van der Waals surface area contributed by atoms with Crippen LogP contribution in [0.3, 0.4) is 0 Å². The quantitative estimate of drug-likeness (QED) is 0.0450. The molecule has 0 saturated heterocycles. The van der Waals surface area contributed by atoms with E-state index in [0.29, 0.717) is 47.9 Å². The molecule has 0 saturated carbocycles. The Hall–Kier alpha value is -6.66. The topological polar surface area (TPSA) is 59.1 Å². The number of nitrogens with zero attached hydrogens (tertiary/aromatic N) is 2. The highest BCUT2D eigenvalue weighted by Gasteiger charge is 2.37. The van der Waals surface area contributed by atoms with Crippen molar-refractivity contribution < 1.29 is 19.1 Å². The molecule has 2 amide bonds. The first-order valence-electron chi connectivity index (χ1n) is 31.2. The van der Waals surface area contributed by atoms with Crippen LogP contribution in [0.15, 0.2) is 133 Å². The summed E-state index contributed by atoms with van der Waals surface area (Å²) in [5.74, 6) is 3.79. The predicted molar refractivity (Wildman–Crippen MR) is 338 cm³/mol. The van der Waals surface area contributed by atoms with E-state index < -0.39 is 0 Å². The van der Waals surface area contributed by atoms with E-state index in [1.807, 2.05) is 9.80 Å². The Labute approximate surface area is 479 Å². The molecule has 7 aromatic rings. The van der Waals surface area contributed by atoms with Crippen LogP contribution < -0.4 is 29.7 Å². The average molecular weight is 1070 g/mol. The summed E-state index contributed by atoms with van der Waals surface area (Å²) >= 11 is 0. The maximum Gasteiger partial charge on any atom is 0.259 e. The largest absolute Gasteiger partial charge is 0.493 e. The Morgan fingerprint density at radius 3 is 1.01 bits per heavy atom. The lowest BCUT2D eigenvalue weighted by atomic mass is 9.96. The van der Waals surface area contributed by atoms with E-state index in [2.05, 4.69) is 189 Å². The highest BCUT2D eigenvalue weighted by molar-refractivity contribution is 6.32. The fourth-order valence-corrected chi connectivity index (χ4v) is 12.3. The normalized spacial score (nSPS) is 14.8. The second-order valence-electron chi connectivity index (χ2n) is 23.4. The number of unbranched alkanes of at least 4 members (excludes halogenated alkanes) is 4. The highest BCUT2D eigenvalue weighted by atomic mass is 16.5. The van der Waals surface area contributed by atoms with E-state index >= 15 is 9.59 Å². The van der Waals surface area contributed by atoms with Gasteiger partial charge in [0.2, 0.25) is 0 Å². The van der Waals surface area contributed by atoms with Gasteiger partial charge in [-0.15, -0.1) is 0 Å². The van der Waals surface area contributed by atoms with E-state index in [1.165, 1.54) is 49.3 Å². The number of carbonyl (C=O) groups excluding carboxylic acids is 2. The van der Waals surface area contributed by atoms with Gasteiger partial charge in [0.25, 0.3) is 11.8 Å². The number of amides is 2. The maximum atomic E-state index is 15.3. The molecule has 420 valence electrons. The molecule has 7 aromatic carbocycles. The van der Waals surface area contributed by atoms with Gasteiger partial charge in [-0.1, -0.05) is 217 Å². The van der Waals surface area contributed by atoms with Gasteiger partial charge in [-0.25, -0.2) is 0 Å². The zero-order valence-electron chi connectivity index (χ0n) is 49.7. The third-order valence-corrected chi connectivity index (χ3v) is 17.8. The Kier molecular flexibility index (Phi) is 20.1. The number of anilines is 2. The Morgan fingerprint density at radius 2 is 0.662 bits per heavy atom. The maximum absolute atomic E-state index is 15.3. The van der Waals surface area contributed by atoms with Gasteiger partial charge in [-0.3, -0.25) is 9.59 Å². The van der Waals surface area contributed by atoms with Crippen molar-refractivity contribution in [1.82, 2.24) is 0 Å². The van der Waals surface area contributed by atoms with E-state index in [9.17, 15) is 0 Å². The van der Waals surface area contributed by atoms with Crippen LogP contribution in [0.5, 0.6) is 11.5 Å². The van der Waals surface area contributed by atoms with Gasteiger partial charge >= 0.3 is 0 Å². The first-order valence-corrected chi connectivity index (χ1v) is 31.2. The molecule has 0 bridgehead atoms. The van der Waals surface area contributed by atoms with Crippen molar-refractivity contribution in [3.05, 3.63) is 155 Å². The van der Waals surface area contributed by atoms with Crippen molar-refractivity contribution in [1.29, 1.82) is 0 Å². The number of carbonyl (C=O) groups is 2. The Morgan fingerprint density at radius 1 is 0.350 bits per heavy atom. The van der Waals surface area contributed by atoms with Gasteiger partial charge < -0.3 is 19.3 Å². The number of hydrogen-bond donors (Lipinski definition) is 0. The van der Waals surface area contributed by atoms with Gasteiger partial charge in [0.15, 0.2) is 0 Å². The summed E-state index contributed by atoms with van der Waals surface area (Å²) in [5, 5.41) is 6.47. The molecule has 4 unspecified atom stereocenters. The van der Waals surface area contributed by atoms with Crippen LogP contribution in [-0.4, -0.2) is 38.1 Å². The van der Waals surface area contributed by atoms with Gasteiger partial charge in [0.05, 0.1) is 35.7 Å². The molecule has 2 heterocycles. The molecule has 0 N–H and O–H groups in total. The minimum Gasteiger partial charge on any atom is -0.493 e. The number of rotatable bonds is 30. The molecule has 6 heteroatoms. The summed E-state index contributed by atoms with van der Waals surface area (Å²) in [4.78, 5) is 34.7. The summed E-state index contributed by atoms with van der Waals surface area (Å²) in [6, 6.07) is 47.7. The first-order chi connectivity index (χ1) is 39.1. The van der Waals surface area contributed by atoms with Crippen LogP contribution in [0.4, 0.5) is 11.4 Å². The number of hydrogen-bond acceptors (Lipinski definition) is 4. The molecule has 0 spiro atoms. The molecule has 0 fully saturated rings. The van der Waals surface area contributed by atoms with Gasteiger partial charge in [0, 0.05) is 23.5 Å². The number of ether oxygens (including phenoxy) is 2. The summed E-state index contributed by atoms with van der Waals surface area (Å²) in [6.45, 7) is 20.8. The summed E-state index contributed by atoms with van der Waals surface area (Å²) in [5.41, 5.74) is 9.46. The first kappa shape index (κ1) is 58.0. The third kappa shape index (κ3) is 13.2. The second kappa shape index (κ2) is 27.7. The summed E-state index contributed by atoms with van der Waals surface area (Å²) in [6.07, 6.45) is 18.2. The Bertz CT molecular complexity index is 3130. The van der Waals surface area contributed by atoms with Crippen LogP contribution in [0.25, 0.3) is 54.9 Å². The molecule has 0 aliphatic carbocycles. The zero-order valence-corrected chi connectivity index (χ0v) is 49.7. The molecule has 4 atom stereocenters. The van der Waals surface area contributed by atoms with Crippen LogP contribution in [0, 0.1) is 23.7 Å². The SMILES string of the molecule is CCCCC(CC)COc1ccc2cc(-c3ccc(C4=c5cc6c(cc5N(CC(CC)CCCC)C4=O)=C(c4ccc(-c5ccc7cc(OCC(CC)CCCC)ccc7c5)cc4)C(=O)N6CC(CC)CCCC)cc3)ccc2c1. The van der Waals surface area contributed by atoms with Crippen molar-refractivity contribution >= 4 is 55.9 Å². The van der Waals surface area contributed by atoms with Crippen LogP contribution in [0.1, 0.15) is 169 Å². The van der Waals surface area contributed by atoms with Crippen LogP contribution in [0.2, 0.25) is 0 Å².